The van der Waals surface area contributed by atoms with Gasteiger partial charge in [-0.15, -0.1) is 10.2 Å². The van der Waals surface area contributed by atoms with E-state index in [1.807, 2.05) is 30.6 Å². The first-order chi connectivity index (χ1) is 18.5. The number of aromatic hydroxyl groups is 1. The number of Topliss-reactive ketones (excluding diaryl/α,β-unsaturated/α-hetero) is 1. The molecule has 4 heterocycles. The smallest absolute Gasteiger partial charge is 0.169 e. The van der Waals surface area contributed by atoms with Crippen molar-refractivity contribution in [1.82, 2.24) is 20.2 Å². The van der Waals surface area contributed by atoms with Gasteiger partial charge < -0.3 is 20.6 Å². The number of carbonyl (C=O) groups excluding carboxylic acids is 1. The number of nitrogens with zero attached hydrogens (tertiary/aromatic N) is 6. The molecule has 3 unspecified atom stereocenters. The van der Waals surface area contributed by atoms with Crippen LogP contribution in [0.15, 0.2) is 54.4 Å². The van der Waals surface area contributed by atoms with Crippen molar-refractivity contribution >= 4 is 23.0 Å². The molecule has 2 saturated carbocycles. The number of allylic oxidation sites excluding steroid dienone is 1. The third-order valence-corrected chi connectivity index (χ3v) is 9.00. The normalized spacial score (nSPS) is 27.8. The first-order valence-corrected chi connectivity index (χ1v) is 13.4. The Morgan fingerprint density at radius 2 is 1.84 bits per heavy atom. The van der Waals surface area contributed by atoms with Crippen LogP contribution in [0.5, 0.6) is 5.75 Å². The highest BCUT2D eigenvalue weighted by molar-refractivity contribution is 5.81. The number of para-hydroxylation sites is 1. The number of hydrogen-bond acceptors (Lipinski definition) is 9. The van der Waals surface area contributed by atoms with Crippen LogP contribution in [0.4, 0.5) is 17.2 Å². The number of rotatable bonds is 4. The number of aromatic nitrogens is 4. The van der Waals surface area contributed by atoms with E-state index in [1.54, 1.807) is 12.1 Å². The average molecular weight is 510 g/mol. The van der Waals surface area contributed by atoms with E-state index < -0.39 is 0 Å². The van der Waals surface area contributed by atoms with Crippen molar-refractivity contribution in [3.05, 3.63) is 60.2 Å². The Labute approximate surface area is 221 Å². The van der Waals surface area contributed by atoms with Crippen molar-refractivity contribution in [2.24, 2.45) is 11.8 Å². The summed E-state index contributed by atoms with van der Waals surface area (Å²) in [6, 6.07) is 9.10. The molecule has 0 amide bonds. The van der Waals surface area contributed by atoms with E-state index in [-0.39, 0.29) is 11.2 Å². The first-order valence-electron chi connectivity index (χ1n) is 13.4. The second-order valence-corrected chi connectivity index (χ2v) is 11.2. The van der Waals surface area contributed by atoms with Crippen molar-refractivity contribution in [3.8, 4) is 17.0 Å². The van der Waals surface area contributed by atoms with Crippen molar-refractivity contribution in [3.63, 3.8) is 0 Å². The summed E-state index contributed by atoms with van der Waals surface area (Å²) < 4.78 is 0. The lowest BCUT2D eigenvalue weighted by Gasteiger charge is -2.46. The SMILES string of the molecule is Nc1nnc(-c2ccccc2O)cc1N1C/C=C2/CC3(c4ncc(N5CCC(=O)CC5)cn4)CC(CC23)C1. The Morgan fingerprint density at radius 3 is 2.63 bits per heavy atom. The third-order valence-electron chi connectivity index (χ3n) is 9.00. The van der Waals surface area contributed by atoms with Crippen LogP contribution < -0.4 is 15.5 Å². The summed E-state index contributed by atoms with van der Waals surface area (Å²) in [5.74, 6) is 2.86. The number of phenolic OH excluding ortho intramolecular Hbond substituents is 1. The van der Waals surface area contributed by atoms with E-state index in [4.69, 9.17) is 15.7 Å². The molecular weight excluding hydrogens is 478 g/mol. The maximum absolute atomic E-state index is 11.6. The fourth-order valence-corrected chi connectivity index (χ4v) is 7.07. The second kappa shape index (κ2) is 8.79. The van der Waals surface area contributed by atoms with E-state index in [1.165, 1.54) is 5.57 Å². The lowest BCUT2D eigenvalue weighted by atomic mass is 9.58. The zero-order chi connectivity index (χ0) is 25.9. The van der Waals surface area contributed by atoms with Gasteiger partial charge in [-0.2, -0.15) is 0 Å². The van der Waals surface area contributed by atoms with Gasteiger partial charge >= 0.3 is 0 Å². The van der Waals surface area contributed by atoms with Gasteiger partial charge in [-0.05, 0) is 49.3 Å². The van der Waals surface area contributed by atoms with Gasteiger partial charge in [0.05, 0.1) is 29.5 Å². The number of phenols is 1. The van der Waals surface area contributed by atoms with Gasteiger partial charge in [0.2, 0.25) is 0 Å². The molecule has 9 nitrogen and oxygen atoms in total. The molecule has 2 aliphatic carbocycles. The number of nitrogens with two attached hydrogens (primary N) is 1. The summed E-state index contributed by atoms with van der Waals surface area (Å²) in [6.07, 6.45) is 10.6. The van der Waals surface area contributed by atoms with E-state index >= 15 is 0 Å². The Balaban J connectivity index is 1.13. The monoisotopic (exact) mass is 509 g/mol. The van der Waals surface area contributed by atoms with Crippen LogP contribution in [0.25, 0.3) is 11.3 Å². The van der Waals surface area contributed by atoms with Crippen molar-refractivity contribution in [1.29, 1.82) is 0 Å². The van der Waals surface area contributed by atoms with Gasteiger partial charge in [-0.1, -0.05) is 23.8 Å². The van der Waals surface area contributed by atoms with Crippen LogP contribution in [-0.4, -0.2) is 57.2 Å². The summed E-state index contributed by atoms with van der Waals surface area (Å²) in [6.45, 7) is 3.14. The van der Waals surface area contributed by atoms with Gasteiger partial charge in [-0.25, -0.2) is 9.97 Å². The summed E-state index contributed by atoms with van der Waals surface area (Å²) in [4.78, 5) is 25.9. The van der Waals surface area contributed by atoms with Crippen molar-refractivity contribution in [2.45, 2.75) is 37.5 Å². The molecule has 1 aromatic carbocycles. The largest absolute Gasteiger partial charge is 0.507 e. The molecule has 7 rings (SSSR count). The fourth-order valence-electron chi connectivity index (χ4n) is 7.07. The second-order valence-electron chi connectivity index (χ2n) is 11.2. The molecular formula is C29H31N7O2. The Hall–Kier alpha value is -4.01. The van der Waals surface area contributed by atoms with E-state index in [9.17, 15) is 9.90 Å². The zero-order valence-corrected chi connectivity index (χ0v) is 21.3. The van der Waals surface area contributed by atoms with Crippen LogP contribution in [0.3, 0.4) is 0 Å². The molecule has 3 N–H and O–H groups in total. The Kier molecular flexibility index (Phi) is 5.35. The van der Waals surface area contributed by atoms with Crippen molar-refractivity contribution in [2.75, 3.05) is 41.7 Å². The van der Waals surface area contributed by atoms with Gasteiger partial charge in [-0.3, -0.25) is 4.79 Å². The molecule has 4 aliphatic rings. The molecule has 38 heavy (non-hydrogen) atoms. The molecule has 194 valence electrons. The Bertz CT molecular complexity index is 1430. The number of fused-ring (bicyclic) bond motifs is 1. The number of benzene rings is 1. The van der Waals surface area contributed by atoms with E-state index in [2.05, 4.69) is 26.1 Å². The van der Waals surface area contributed by atoms with E-state index in [0.29, 0.717) is 47.5 Å². The number of anilines is 3. The molecule has 0 radical (unpaired) electrons. The molecule has 9 heteroatoms. The molecule has 2 aromatic heterocycles. The van der Waals surface area contributed by atoms with Crippen molar-refractivity contribution < 1.29 is 9.90 Å². The maximum atomic E-state index is 11.6. The molecule has 2 bridgehead atoms. The number of hydrogen-bond donors (Lipinski definition) is 2. The minimum atomic E-state index is 0.00588. The molecule has 3 fully saturated rings. The summed E-state index contributed by atoms with van der Waals surface area (Å²) in [5, 5.41) is 18.8. The summed E-state index contributed by atoms with van der Waals surface area (Å²) in [7, 11) is 0. The zero-order valence-electron chi connectivity index (χ0n) is 21.3. The molecule has 3 aromatic rings. The fraction of sp³-hybridized carbons (Fsp3) is 0.414. The number of piperidine rings is 1. The van der Waals surface area contributed by atoms with Crippen LogP contribution in [0.1, 0.15) is 37.9 Å². The van der Waals surface area contributed by atoms with Gasteiger partial charge in [0.25, 0.3) is 0 Å². The lowest BCUT2D eigenvalue weighted by Crippen LogP contribution is -2.44. The Morgan fingerprint density at radius 1 is 1.05 bits per heavy atom. The maximum Gasteiger partial charge on any atom is 0.169 e. The molecule has 3 atom stereocenters. The van der Waals surface area contributed by atoms with E-state index in [0.717, 1.165) is 62.6 Å². The minimum absolute atomic E-state index is 0.00588. The minimum Gasteiger partial charge on any atom is -0.507 e. The third kappa shape index (κ3) is 3.71. The number of nitrogen functional groups attached to an aromatic ring is 1. The van der Waals surface area contributed by atoms with Crippen LogP contribution in [0, 0.1) is 11.8 Å². The topological polar surface area (TPSA) is 121 Å². The summed E-state index contributed by atoms with van der Waals surface area (Å²) >= 11 is 0. The predicted octanol–water partition coefficient (Wildman–Crippen LogP) is 3.51. The average Bonchev–Trinajstić information content (AvgIpc) is 3.27. The standard InChI is InChI=1S/C29H31N7O2/c30-27-25(12-24(33-34-27)22-3-1-2-4-26(22)38)36-8-5-19-14-29(13-18(17-36)11-23(19)29)28-31-15-20(16-32-28)35-9-6-21(37)7-10-35/h1-5,12,15-16,18,23,38H,6-11,13-14,17H2,(H2,30,34)/b19-5-. The lowest BCUT2D eigenvalue weighted by molar-refractivity contribution is -0.119. The first kappa shape index (κ1) is 23.1. The predicted molar refractivity (Wildman–Crippen MR) is 145 cm³/mol. The van der Waals surface area contributed by atoms with Gasteiger partial charge in [0.15, 0.2) is 5.82 Å². The molecule has 1 saturated heterocycles. The van der Waals surface area contributed by atoms with Gasteiger partial charge in [0.1, 0.15) is 17.4 Å². The highest BCUT2D eigenvalue weighted by Gasteiger charge is 2.59. The number of carbonyl (C=O) groups is 1. The molecule has 0 spiro atoms. The quantitative estimate of drug-likeness (QED) is 0.509. The highest BCUT2D eigenvalue weighted by atomic mass is 16.3. The van der Waals surface area contributed by atoms with Crippen LogP contribution in [0.2, 0.25) is 0 Å². The van der Waals surface area contributed by atoms with Crippen LogP contribution in [-0.2, 0) is 10.2 Å². The number of ketones is 1. The summed E-state index contributed by atoms with van der Waals surface area (Å²) in [5.41, 5.74) is 10.9. The van der Waals surface area contributed by atoms with Crippen LogP contribution >= 0.6 is 0 Å². The van der Waals surface area contributed by atoms with Gasteiger partial charge in [0, 0.05) is 50.0 Å². The molecule has 2 aliphatic heterocycles. The highest BCUT2D eigenvalue weighted by Crippen LogP contribution is 2.63.